The largest absolute Gasteiger partial charge is 0.370 e. The van der Waals surface area contributed by atoms with E-state index in [4.69, 9.17) is 12.2 Å². The quantitative estimate of drug-likeness (QED) is 0.260. The van der Waals surface area contributed by atoms with Crippen molar-refractivity contribution in [2.75, 3.05) is 20.6 Å². The zero-order valence-electron chi connectivity index (χ0n) is 6.87. The van der Waals surface area contributed by atoms with Crippen LogP contribution in [0.2, 0.25) is 0 Å². The number of aliphatic imine (C=N–C) groups is 1. The van der Waals surface area contributed by atoms with Gasteiger partial charge >= 0.3 is 0 Å². The summed E-state index contributed by atoms with van der Waals surface area (Å²) < 4.78 is 0. The maximum Gasteiger partial charge on any atom is 0.190 e. The van der Waals surface area contributed by atoms with Gasteiger partial charge in [0.05, 0.1) is 6.54 Å². The van der Waals surface area contributed by atoms with Gasteiger partial charge in [0, 0.05) is 20.5 Å². The fourth-order valence-electron chi connectivity index (χ4n) is 0.376. The minimum atomic E-state index is 0. The minimum Gasteiger partial charge on any atom is -0.370 e. The predicted octanol–water partition coefficient (Wildman–Crippen LogP) is 0.504. The molecule has 64 valence electrons. The van der Waals surface area contributed by atoms with Crippen LogP contribution in [0, 0.1) is 12.3 Å². The second-order valence-electron chi connectivity index (χ2n) is 2.09. The summed E-state index contributed by atoms with van der Waals surface area (Å²) in [5.41, 5.74) is 5.46. The van der Waals surface area contributed by atoms with Crippen molar-refractivity contribution in [2.24, 2.45) is 10.7 Å². The van der Waals surface area contributed by atoms with E-state index in [1.165, 1.54) is 0 Å². The van der Waals surface area contributed by atoms with Crippen molar-refractivity contribution in [3.05, 3.63) is 0 Å². The average molecular weight is 267 g/mol. The summed E-state index contributed by atoms with van der Waals surface area (Å²) >= 11 is 0. The Morgan fingerprint density at radius 3 is 2.55 bits per heavy atom. The lowest BCUT2D eigenvalue weighted by molar-refractivity contribution is 0.609. The zero-order chi connectivity index (χ0) is 7.98. The Bertz CT molecular complexity index is 158. The Morgan fingerprint density at radius 2 is 2.18 bits per heavy atom. The molecule has 11 heavy (non-hydrogen) atoms. The third kappa shape index (κ3) is 7.46. The maximum atomic E-state index is 5.46. The standard InChI is InChI=1S/C7H13N3.HI/c1-4-5-6-9-7(8)10(2)3;/h1H,5-6H2,2-3H3,(H2,8,9);1H. The Balaban J connectivity index is 0. The molecule has 0 aliphatic heterocycles. The smallest absolute Gasteiger partial charge is 0.190 e. The van der Waals surface area contributed by atoms with Crippen LogP contribution < -0.4 is 5.73 Å². The molecule has 0 atom stereocenters. The highest BCUT2D eigenvalue weighted by molar-refractivity contribution is 14.0. The van der Waals surface area contributed by atoms with Gasteiger partial charge in [-0.3, -0.25) is 4.99 Å². The van der Waals surface area contributed by atoms with E-state index >= 15 is 0 Å². The van der Waals surface area contributed by atoms with Crippen LogP contribution in [-0.4, -0.2) is 31.5 Å². The van der Waals surface area contributed by atoms with Crippen LogP contribution in [0.15, 0.2) is 4.99 Å². The van der Waals surface area contributed by atoms with E-state index in [0.717, 1.165) is 0 Å². The van der Waals surface area contributed by atoms with Crippen LogP contribution in [0.5, 0.6) is 0 Å². The molecular weight excluding hydrogens is 253 g/mol. The average Bonchev–Trinajstić information content (AvgIpc) is 1.88. The molecule has 0 aromatic carbocycles. The van der Waals surface area contributed by atoms with E-state index in [1.807, 2.05) is 14.1 Å². The number of terminal acetylenes is 1. The summed E-state index contributed by atoms with van der Waals surface area (Å²) in [6.45, 7) is 0.612. The molecule has 2 N–H and O–H groups in total. The first-order valence-corrected chi connectivity index (χ1v) is 3.09. The summed E-state index contributed by atoms with van der Waals surface area (Å²) in [4.78, 5) is 5.74. The molecule has 0 saturated carbocycles. The maximum absolute atomic E-state index is 5.46. The fraction of sp³-hybridized carbons (Fsp3) is 0.571. The highest BCUT2D eigenvalue weighted by atomic mass is 127. The molecule has 0 aromatic rings. The first kappa shape index (κ1) is 13.2. The minimum absolute atomic E-state index is 0. The van der Waals surface area contributed by atoms with E-state index < -0.39 is 0 Å². The Labute approximate surface area is 85.1 Å². The van der Waals surface area contributed by atoms with Crippen LogP contribution in [0.3, 0.4) is 0 Å². The van der Waals surface area contributed by atoms with Gasteiger partial charge in [0.1, 0.15) is 0 Å². The number of halogens is 1. The van der Waals surface area contributed by atoms with Crippen LogP contribution in [0.1, 0.15) is 6.42 Å². The van der Waals surface area contributed by atoms with E-state index in [-0.39, 0.29) is 24.0 Å². The topological polar surface area (TPSA) is 41.6 Å². The van der Waals surface area contributed by atoms with Crippen molar-refractivity contribution in [3.8, 4) is 12.3 Å². The van der Waals surface area contributed by atoms with Gasteiger partial charge in [-0.15, -0.1) is 36.3 Å². The van der Waals surface area contributed by atoms with Gasteiger partial charge < -0.3 is 10.6 Å². The second kappa shape index (κ2) is 7.66. The Kier molecular flexibility index (Phi) is 9.18. The molecule has 0 aliphatic rings. The lowest BCUT2D eigenvalue weighted by atomic mass is 10.5. The van der Waals surface area contributed by atoms with Crippen molar-refractivity contribution in [1.29, 1.82) is 0 Å². The van der Waals surface area contributed by atoms with E-state index in [1.54, 1.807) is 4.90 Å². The molecule has 4 heteroatoms. The molecule has 0 aromatic heterocycles. The first-order chi connectivity index (χ1) is 4.68. The summed E-state index contributed by atoms with van der Waals surface area (Å²) in [5.74, 6) is 3.00. The molecule has 0 radical (unpaired) electrons. The summed E-state index contributed by atoms with van der Waals surface area (Å²) in [5, 5.41) is 0. The summed E-state index contributed by atoms with van der Waals surface area (Å²) in [6, 6.07) is 0. The third-order valence-electron chi connectivity index (χ3n) is 0.988. The highest BCUT2D eigenvalue weighted by Crippen LogP contribution is 1.79. The lowest BCUT2D eigenvalue weighted by Gasteiger charge is -2.09. The summed E-state index contributed by atoms with van der Waals surface area (Å²) in [6.07, 6.45) is 5.66. The number of nitrogens with zero attached hydrogens (tertiary/aromatic N) is 2. The molecule has 0 amide bonds. The molecule has 0 saturated heterocycles. The van der Waals surface area contributed by atoms with Crippen LogP contribution in [0.4, 0.5) is 0 Å². The molecule has 0 aliphatic carbocycles. The van der Waals surface area contributed by atoms with Gasteiger partial charge in [-0.25, -0.2) is 0 Å². The summed E-state index contributed by atoms with van der Waals surface area (Å²) in [7, 11) is 3.68. The highest BCUT2D eigenvalue weighted by Gasteiger charge is 1.90. The fourth-order valence-corrected chi connectivity index (χ4v) is 0.376. The first-order valence-electron chi connectivity index (χ1n) is 3.09. The van der Waals surface area contributed by atoms with Crippen LogP contribution >= 0.6 is 24.0 Å². The number of guanidine groups is 1. The van der Waals surface area contributed by atoms with Gasteiger partial charge in [-0.2, -0.15) is 0 Å². The molecule has 0 rings (SSSR count). The van der Waals surface area contributed by atoms with Crippen molar-refractivity contribution in [2.45, 2.75) is 6.42 Å². The van der Waals surface area contributed by atoms with Gasteiger partial charge in [-0.05, 0) is 0 Å². The predicted molar refractivity (Wildman–Crippen MR) is 59.0 cm³/mol. The monoisotopic (exact) mass is 267 g/mol. The van der Waals surface area contributed by atoms with Crippen LogP contribution in [0.25, 0.3) is 0 Å². The lowest BCUT2D eigenvalue weighted by Crippen LogP contribution is -2.30. The van der Waals surface area contributed by atoms with Crippen molar-refractivity contribution in [3.63, 3.8) is 0 Å². The van der Waals surface area contributed by atoms with Crippen LogP contribution in [-0.2, 0) is 0 Å². The van der Waals surface area contributed by atoms with E-state index in [2.05, 4.69) is 10.9 Å². The van der Waals surface area contributed by atoms with Gasteiger partial charge in [0.2, 0.25) is 0 Å². The van der Waals surface area contributed by atoms with E-state index in [0.29, 0.717) is 18.9 Å². The van der Waals surface area contributed by atoms with E-state index in [9.17, 15) is 0 Å². The Hall–Kier alpha value is -0.440. The molecule has 0 heterocycles. The number of nitrogens with two attached hydrogens (primary N) is 1. The molecule has 0 bridgehead atoms. The number of hydrogen-bond acceptors (Lipinski definition) is 1. The molecule has 0 fully saturated rings. The van der Waals surface area contributed by atoms with Crippen molar-refractivity contribution in [1.82, 2.24) is 4.90 Å². The van der Waals surface area contributed by atoms with Crippen molar-refractivity contribution >= 4 is 29.9 Å². The van der Waals surface area contributed by atoms with Gasteiger partial charge in [0.15, 0.2) is 5.96 Å². The molecule has 0 spiro atoms. The normalized spacial score (nSPS) is 9.73. The van der Waals surface area contributed by atoms with Crippen molar-refractivity contribution < 1.29 is 0 Å². The second-order valence-corrected chi connectivity index (χ2v) is 2.09. The zero-order valence-corrected chi connectivity index (χ0v) is 9.20. The van der Waals surface area contributed by atoms with Gasteiger partial charge in [-0.1, -0.05) is 0 Å². The SMILES string of the molecule is C#CCCN=C(N)N(C)C.I. The Morgan fingerprint density at radius 1 is 1.64 bits per heavy atom. The molecular formula is C7H14IN3. The number of rotatable bonds is 2. The molecule has 0 unspecified atom stereocenters. The molecule has 3 nitrogen and oxygen atoms in total. The van der Waals surface area contributed by atoms with Gasteiger partial charge in [0.25, 0.3) is 0 Å². The third-order valence-corrected chi connectivity index (χ3v) is 0.988. The number of hydrogen-bond donors (Lipinski definition) is 1.